The minimum atomic E-state index is -3.67. The molecule has 1 N–H and O–H groups in total. The highest BCUT2D eigenvalue weighted by Crippen LogP contribution is 2.34. The predicted octanol–water partition coefficient (Wildman–Crippen LogP) is 2.05. The zero-order chi connectivity index (χ0) is 21.8. The third-order valence-corrected chi connectivity index (χ3v) is 7.42. The monoisotopic (exact) mass is 441 g/mol. The maximum Gasteiger partial charge on any atom is 0.243 e. The lowest BCUT2D eigenvalue weighted by atomic mass is 9.97. The number of nitrogens with zero attached hydrogens (tertiary/aromatic N) is 2. The Hall–Kier alpha value is -3.09. The highest BCUT2D eigenvalue weighted by molar-refractivity contribution is 7.89. The lowest BCUT2D eigenvalue weighted by Gasteiger charge is -2.31. The molecule has 1 saturated heterocycles. The second kappa shape index (κ2) is 8.96. The standard InChI is InChI=1S/C22H23N3O5S/c23-14-16-1-3-17(4-2-16)15-24-22(26)18-7-9-25(10-8-18)31(27,28)19-5-6-20-21(13-19)30-12-11-29-20/h1-6,13,18H,7-12,15H2,(H,24,26). The fourth-order valence-corrected chi connectivity index (χ4v) is 5.21. The molecule has 9 heteroatoms. The molecule has 0 aromatic heterocycles. The summed E-state index contributed by atoms with van der Waals surface area (Å²) in [6.45, 7) is 1.77. The van der Waals surface area contributed by atoms with Crippen LogP contribution < -0.4 is 14.8 Å². The molecule has 1 amide bonds. The molecular formula is C22H23N3O5S. The van der Waals surface area contributed by atoms with Crippen LogP contribution in [0.1, 0.15) is 24.0 Å². The minimum Gasteiger partial charge on any atom is -0.486 e. The number of benzene rings is 2. The summed E-state index contributed by atoms with van der Waals surface area (Å²) in [5.74, 6) is 0.665. The quantitative estimate of drug-likeness (QED) is 0.761. The molecule has 31 heavy (non-hydrogen) atoms. The number of hydrogen-bond donors (Lipinski definition) is 1. The first-order valence-electron chi connectivity index (χ1n) is 10.1. The van der Waals surface area contributed by atoms with Gasteiger partial charge in [0.25, 0.3) is 0 Å². The van der Waals surface area contributed by atoms with E-state index in [0.29, 0.717) is 49.7 Å². The Balaban J connectivity index is 1.33. The Morgan fingerprint density at radius 1 is 1.06 bits per heavy atom. The van der Waals surface area contributed by atoms with Gasteiger partial charge in [0.15, 0.2) is 11.5 Å². The van der Waals surface area contributed by atoms with E-state index in [9.17, 15) is 13.2 Å². The van der Waals surface area contributed by atoms with E-state index in [2.05, 4.69) is 11.4 Å². The van der Waals surface area contributed by atoms with Crippen LogP contribution >= 0.6 is 0 Å². The molecule has 0 saturated carbocycles. The molecule has 0 unspecified atom stereocenters. The van der Waals surface area contributed by atoms with Gasteiger partial charge in [0, 0.05) is 31.6 Å². The van der Waals surface area contributed by atoms with E-state index in [1.54, 1.807) is 30.3 Å². The summed E-state index contributed by atoms with van der Waals surface area (Å²) >= 11 is 0. The van der Waals surface area contributed by atoms with E-state index in [4.69, 9.17) is 14.7 Å². The molecule has 2 aromatic carbocycles. The first-order chi connectivity index (χ1) is 15.0. The van der Waals surface area contributed by atoms with Crippen molar-refractivity contribution >= 4 is 15.9 Å². The average Bonchev–Trinajstić information content (AvgIpc) is 2.82. The summed E-state index contributed by atoms with van der Waals surface area (Å²) in [4.78, 5) is 12.7. The number of nitrogens with one attached hydrogen (secondary N) is 1. The van der Waals surface area contributed by atoms with Crippen molar-refractivity contribution in [2.45, 2.75) is 24.3 Å². The molecule has 0 atom stereocenters. The summed E-state index contributed by atoms with van der Waals surface area (Å²) in [6, 6.07) is 13.7. The molecule has 0 aliphatic carbocycles. The van der Waals surface area contributed by atoms with E-state index in [0.717, 1.165) is 5.56 Å². The highest BCUT2D eigenvalue weighted by Gasteiger charge is 2.32. The van der Waals surface area contributed by atoms with Gasteiger partial charge in [0.05, 0.1) is 16.5 Å². The number of amides is 1. The van der Waals surface area contributed by atoms with Crippen molar-refractivity contribution in [2.75, 3.05) is 26.3 Å². The summed E-state index contributed by atoms with van der Waals surface area (Å²) < 4.78 is 38.4. The molecule has 0 radical (unpaired) electrons. The molecule has 2 aliphatic heterocycles. The molecule has 2 aliphatic rings. The summed E-state index contributed by atoms with van der Waals surface area (Å²) in [5.41, 5.74) is 1.48. The number of carbonyl (C=O) groups excluding carboxylic acids is 1. The van der Waals surface area contributed by atoms with E-state index >= 15 is 0 Å². The Kier molecular flexibility index (Phi) is 6.11. The molecule has 162 valence electrons. The van der Waals surface area contributed by atoms with Crippen LogP contribution in [-0.4, -0.2) is 44.9 Å². The predicted molar refractivity (Wildman–Crippen MR) is 112 cm³/mol. The molecule has 2 aromatic rings. The van der Waals surface area contributed by atoms with Gasteiger partial charge in [-0.1, -0.05) is 12.1 Å². The molecule has 0 bridgehead atoms. The van der Waals surface area contributed by atoms with Crippen LogP contribution in [0.2, 0.25) is 0 Å². The van der Waals surface area contributed by atoms with Crippen LogP contribution in [0.15, 0.2) is 47.4 Å². The molecular weight excluding hydrogens is 418 g/mol. The molecule has 8 nitrogen and oxygen atoms in total. The van der Waals surface area contributed by atoms with Crippen LogP contribution in [0.25, 0.3) is 0 Å². The Morgan fingerprint density at radius 3 is 2.42 bits per heavy atom. The SMILES string of the molecule is N#Cc1ccc(CNC(=O)C2CCN(S(=O)(=O)c3ccc4c(c3)OCCO4)CC2)cc1. The molecule has 4 rings (SSSR count). The van der Waals surface area contributed by atoms with Crippen LogP contribution in [0, 0.1) is 17.2 Å². The highest BCUT2D eigenvalue weighted by atomic mass is 32.2. The van der Waals surface area contributed by atoms with Crippen molar-refractivity contribution in [3.05, 3.63) is 53.6 Å². The number of carbonyl (C=O) groups is 1. The number of nitriles is 1. The van der Waals surface area contributed by atoms with Gasteiger partial charge in [-0.25, -0.2) is 8.42 Å². The van der Waals surface area contributed by atoms with Crippen molar-refractivity contribution in [3.8, 4) is 17.6 Å². The summed E-state index contributed by atoms with van der Waals surface area (Å²) in [6.07, 6.45) is 0.923. The van der Waals surface area contributed by atoms with Crippen molar-refractivity contribution in [3.63, 3.8) is 0 Å². The maximum absolute atomic E-state index is 13.0. The van der Waals surface area contributed by atoms with Gasteiger partial charge in [-0.05, 0) is 42.7 Å². The lowest BCUT2D eigenvalue weighted by Crippen LogP contribution is -2.42. The number of ether oxygens (including phenoxy) is 2. The zero-order valence-electron chi connectivity index (χ0n) is 16.9. The third-order valence-electron chi connectivity index (χ3n) is 5.53. The van der Waals surface area contributed by atoms with Gasteiger partial charge in [0.2, 0.25) is 15.9 Å². The molecule has 1 fully saturated rings. The van der Waals surface area contributed by atoms with E-state index < -0.39 is 10.0 Å². The van der Waals surface area contributed by atoms with Crippen molar-refractivity contribution < 1.29 is 22.7 Å². The van der Waals surface area contributed by atoms with Gasteiger partial charge < -0.3 is 14.8 Å². The number of rotatable bonds is 5. The number of fused-ring (bicyclic) bond motifs is 1. The van der Waals surface area contributed by atoms with E-state index in [1.807, 2.05) is 0 Å². The van der Waals surface area contributed by atoms with Crippen LogP contribution in [-0.2, 0) is 21.4 Å². The van der Waals surface area contributed by atoms with Gasteiger partial charge >= 0.3 is 0 Å². The summed E-state index contributed by atoms with van der Waals surface area (Å²) in [7, 11) is -3.67. The zero-order valence-corrected chi connectivity index (χ0v) is 17.7. The number of hydrogen-bond acceptors (Lipinski definition) is 6. The van der Waals surface area contributed by atoms with Gasteiger partial charge in [-0.3, -0.25) is 4.79 Å². The normalized spacial score (nSPS) is 17.0. The van der Waals surface area contributed by atoms with Gasteiger partial charge in [-0.15, -0.1) is 0 Å². The van der Waals surface area contributed by atoms with Crippen molar-refractivity contribution in [1.29, 1.82) is 5.26 Å². The average molecular weight is 442 g/mol. The number of sulfonamides is 1. The van der Waals surface area contributed by atoms with Gasteiger partial charge in [0.1, 0.15) is 13.2 Å². The van der Waals surface area contributed by atoms with E-state index in [-0.39, 0.29) is 29.8 Å². The Bertz CT molecular complexity index is 1100. The molecule has 0 spiro atoms. The summed E-state index contributed by atoms with van der Waals surface area (Å²) in [5, 5.41) is 11.7. The lowest BCUT2D eigenvalue weighted by molar-refractivity contribution is -0.126. The maximum atomic E-state index is 13.0. The van der Waals surface area contributed by atoms with Crippen LogP contribution in [0.4, 0.5) is 0 Å². The second-order valence-electron chi connectivity index (χ2n) is 7.51. The van der Waals surface area contributed by atoms with Gasteiger partial charge in [-0.2, -0.15) is 9.57 Å². The first-order valence-corrected chi connectivity index (χ1v) is 11.6. The third kappa shape index (κ3) is 4.65. The fourth-order valence-electron chi connectivity index (χ4n) is 3.72. The molecule has 2 heterocycles. The van der Waals surface area contributed by atoms with Crippen molar-refractivity contribution in [2.24, 2.45) is 5.92 Å². The van der Waals surface area contributed by atoms with E-state index in [1.165, 1.54) is 16.4 Å². The van der Waals surface area contributed by atoms with Crippen LogP contribution in [0.3, 0.4) is 0 Å². The largest absolute Gasteiger partial charge is 0.486 e. The number of piperidine rings is 1. The minimum absolute atomic E-state index is 0.0827. The second-order valence-corrected chi connectivity index (χ2v) is 9.45. The fraction of sp³-hybridized carbons (Fsp3) is 0.364. The van der Waals surface area contributed by atoms with Crippen molar-refractivity contribution in [1.82, 2.24) is 9.62 Å². The van der Waals surface area contributed by atoms with Crippen LogP contribution in [0.5, 0.6) is 11.5 Å². The topological polar surface area (TPSA) is 109 Å². The first kappa shape index (κ1) is 21.2. The Labute approximate surface area is 181 Å². The smallest absolute Gasteiger partial charge is 0.243 e. The Morgan fingerprint density at radius 2 is 1.74 bits per heavy atom.